The van der Waals surface area contributed by atoms with Crippen molar-refractivity contribution in [2.24, 2.45) is 10.2 Å². The van der Waals surface area contributed by atoms with E-state index in [1.165, 1.54) is 0 Å². The minimum absolute atomic E-state index is 0.634. The van der Waals surface area contributed by atoms with E-state index in [1.54, 1.807) is 0 Å². The number of anilines is 2. The lowest BCUT2D eigenvalue weighted by Crippen LogP contribution is -1.90. The fourth-order valence-corrected chi connectivity index (χ4v) is 2.59. The molecule has 26 heavy (non-hydrogen) atoms. The van der Waals surface area contributed by atoms with Crippen LogP contribution in [0.3, 0.4) is 0 Å². The predicted octanol–water partition coefficient (Wildman–Crippen LogP) is 6.24. The van der Waals surface area contributed by atoms with Gasteiger partial charge in [-0.1, -0.05) is 66.7 Å². The molecule has 0 fully saturated rings. The maximum Gasteiger partial charge on any atom is 0.180 e. The van der Waals surface area contributed by atoms with Gasteiger partial charge in [-0.25, -0.2) is 0 Å². The molecule has 0 saturated heterocycles. The number of hydrogen-bond donors (Lipinski definition) is 2. The van der Waals surface area contributed by atoms with Crippen LogP contribution in [-0.2, 0) is 0 Å². The molecule has 0 bridgehead atoms. The van der Waals surface area contributed by atoms with Crippen LogP contribution >= 0.6 is 0 Å². The lowest BCUT2D eigenvalue weighted by Gasteiger charge is -2.04. The van der Waals surface area contributed by atoms with Gasteiger partial charge in [-0.05, 0) is 24.3 Å². The summed E-state index contributed by atoms with van der Waals surface area (Å²) >= 11 is 0. The summed E-state index contributed by atoms with van der Waals surface area (Å²) in [5, 5.41) is 19.6. The quantitative estimate of drug-likeness (QED) is 0.423. The van der Waals surface area contributed by atoms with Crippen LogP contribution in [0.25, 0.3) is 11.3 Å². The first-order chi connectivity index (χ1) is 12.9. The lowest BCUT2D eigenvalue weighted by molar-refractivity contribution is 1.10. The minimum Gasteiger partial charge on any atom is -0.337 e. The fourth-order valence-electron chi connectivity index (χ4n) is 2.59. The largest absolute Gasteiger partial charge is 0.337 e. The van der Waals surface area contributed by atoms with Crippen LogP contribution in [0, 0.1) is 0 Å². The molecular formula is C21H17N5. The highest BCUT2D eigenvalue weighted by Gasteiger charge is 2.15. The molecule has 0 saturated carbocycles. The van der Waals surface area contributed by atoms with E-state index < -0.39 is 0 Å². The highest BCUT2D eigenvalue weighted by molar-refractivity contribution is 5.82. The summed E-state index contributed by atoms with van der Waals surface area (Å²) in [6.45, 7) is 0. The number of para-hydroxylation sites is 1. The van der Waals surface area contributed by atoms with Gasteiger partial charge in [0.15, 0.2) is 11.5 Å². The molecule has 0 atom stereocenters. The first-order valence-corrected chi connectivity index (χ1v) is 8.33. The van der Waals surface area contributed by atoms with E-state index in [1.807, 2.05) is 91.0 Å². The zero-order valence-corrected chi connectivity index (χ0v) is 14.0. The summed E-state index contributed by atoms with van der Waals surface area (Å²) < 4.78 is 0. The van der Waals surface area contributed by atoms with Crippen molar-refractivity contribution in [3.8, 4) is 11.3 Å². The summed E-state index contributed by atoms with van der Waals surface area (Å²) in [5.41, 5.74) is 4.23. The zero-order valence-electron chi connectivity index (χ0n) is 14.0. The number of azo groups is 1. The van der Waals surface area contributed by atoms with Crippen molar-refractivity contribution in [2.45, 2.75) is 0 Å². The van der Waals surface area contributed by atoms with E-state index in [9.17, 15) is 0 Å². The Kier molecular flexibility index (Phi) is 4.52. The minimum atomic E-state index is 0.634. The van der Waals surface area contributed by atoms with Gasteiger partial charge in [-0.2, -0.15) is 10.2 Å². The number of hydrogen-bond acceptors (Lipinski definition) is 4. The van der Waals surface area contributed by atoms with Gasteiger partial charge in [0, 0.05) is 11.3 Å². The van der Waals surface area contributed by atoms with E-state index in [2.05, 4.69) is 25.7 Å². The summed E-state index contributed by atoms with van der Waals surface area (Å²) in [7, 11) is 0. The Bertz CT molecular complexity index is 993. The molecule has 2 N–H and O–H groups in total. The van der Waals surface area contributed by atoms with Crippen molar-refractivity contribution in [3.05, 3.63) is 91.0 Å². The maximum atomic E-state index is 4.48. The standard InChI is InChI=1S/C21H17N5/c1-4-10-16(11-5-1)19-20(25-23-18-14-8-3-9-15-18)21(26-24-19)22-17-12-6-2-7-13-17/h1-15H,(H2,22,24,26). The zero-order chi connectivity index (χ0) is 17.6. The Morgan fingerprint density at radius 1 is 0.692 bits per heavy atom. The molecule has 4 rings (SSSR count). The van der Waals surface area contributed by atoms with Gasteiger partial charge < -0.3 is 5.32 Å². The molecule has 126 valence electrons. The third kappa shape index (κ3) is 3.52. The average molecular weight is 339 g/mol. The van der Waals surface area contributed by atoms with E-state index in [-0.39, 0.29) is 0 Å². The lowest BCUT2D eigenvalue weighted by atomic mass is 10.1. The third-order valence-electron chi connectivity index (χ3n) is 3.86. The van der Waals surface area contributed by atoms with E-state index >= 15 is 0 Å². The van der Waals surface area contributed by atoms with Gasteiger partial charge in [0.05, 0.1) is 11.4 Å². The highest BCUT2D eigenvalue weighted by Crippen LogP contribution is 2.37. The molecule has 0 unspecified atom stereocenters. The molecule has 0 aliphatic heterocycles. The molecule has 0 amide bonds. The van der Waals surface area contributed by atoms with Gasteiger partial charge in [0.25, 0.3) is 0 Å². The normalized spacial score (nSPS) is 10.9. The molecule has 1 aromatic heterocycles. The van der Waals surface area contributed by atoms with E-state index in [4.69, 9.17) is 0 Å². The van der Waals surface area contributed by atoms with Gasteiger partial charge in [0.2, 0.25) is 0 Å². The SMILES string of the molecule is c1ccc(N=Nc2c(Nc3ccccc3)n[nH]c2-c2ccccc2)cc1. The van der Waals surface area contributed by atoms with Crippen LogP contribution < -0.4 is 5.32 Å². The Hall–Kier alpha value is -3.73. The number of aromatic amines is 1. The Morgan fingerprint density at radius 2 is 1.31 bits per heavy atom. The summed E-state index contributed by atoms with van der Waals surface area (Å²) in [6.07, 6.45) is 0. The van der Waals surface area contributed by atoms with E-state index in [0.29, 0.717) is 11.5 Å². The molecule has 0 radical (unpaired) electrons. The first-order valence-electron chi connectivity index (χ1n) is 8.33. The van der Waals surface area contributed by atoms with E-state index in [0.717, 1.165) is 22.6 Å². The first kappa shape index (κ1) is 15.8. The number of benzene rings is 3. The second-order valence-corrected chi connectivity index (χ2v) is 5.69. The summed E-state index contributed by atoms with van der Waals surface area (Å²) in [5.74, 6) is 0.634. The van der Waals surface area contributed by atoms with Crippen molar-refractivity contribution < 1.29 is 0 Å². The van der Waals surface area contributed by atoms with Crippen molar-refractivity contribution >= 4 is 22.9 Å². The van der Waals surface area contributed by atoms with Crippen molar-refractivity contribution in [2.75, 3.05) is 5.32 Å². The van der Waals surface area contributed by atoms with Crippen LogP contribution in [0.4, 0.5) is 22.9 Å². The van der Waals surface area contributed by atoms with Crippen LogP contribution in [-0.4, -0.2) is 10.2 Å². The average Bonchev–Trinajstić information content (AvgIpc) is 3.11. The molecule has 5 heteroatoms. The molecule has 3 aromatic carbocycles. The third-order valence-corrected chi connectivity index (χ3v) is 3.86. The van der Waals surface area contributed by atoms with Gasteiger partial charge in [0.1, 0.15) is 0 Å². The van der Waals surface area contributed by atoms with Crippen molar-refractivity contribution in [3.63, 3.8) is 0 Å². The van der Waals surface area contributed by atoms with Crippen LogP contribution in [0.15, 0.2) is 101 Å². The number of rotatable bonds is 5. The Labute approximate surface area is 151 Å². The molecule has 5 nitrogen and oxygen atoms in total. The molecule has 4 aromatic rings. The van der Waals surface area contributed by atoms with Crippen LogP contribution in [0.1, 0.15) is 0 Å². The predicted molar refractivity (Wildman–Crippen MR) is 104 cm³/mol. The van der Waals surface area contributed by atoms with Crippen LogP contribution in [0.2, 0.25) is 0 Å². The number of H-pyrrole nitrogens is 1. The summed E-state index contributed by atoms with van der Waals surface area (Å²) in [6, 6.07) is 29.5. The molecule has 1 heterocycles. The fraction of sp³-hybridized carbons (Fsp3) is 0. The second kappa shape index (κ2) is 7.44. The number of nitrogens with one attached hydrogen (secondary N) is 2. The maximum absolute atomic E-state index is 4.48. The Balaban J connectivity index is 1.74. The number of aromatic nitrogens is 2. The topological polar surface area (TPSA) is 65.4 Å². The molecule has 0 spiro atoms. The van der Waals surface area contributed by atoms with Crippen molar-refractivity contribution in [1.29, 1.82) is 0 Å². The van der Waals surface area contributed by atoms with Gasteiger partial charge >= 0.3 is 0 Å². The monoisotopic (exact) mass is 339 g/mol. The molecule has 0 aliphatic carbocycles. The van der Waals surface area contributed by atoms with Crippen LogP contribution in [0.5, 0.6) is 0 Å². The Morgan fingerprint density at radius 3 is 2.00 bits per heavy atom. The second-order valence-electron chi connectivity index (χ2n) is 5.69. The van der Waals surface area contributed by atoms with Gasteiger partial charge in [-0.15, -0.1) is 5.11 Å². The van der Waals surface area contributed by atoms with Crippen molar-refractivity contribution in [1.82, 2.24) is 10.2 Å². The number of nitrogens with zero attached hydrogens (tertiary/aromatic N) is 3. The highest BCUT2D eigenvalue weighted by atomic mass is 15.2. The van der Waals surface area contributed by atoms with Gasteiger partial charge in [-0.3, -0.25) is 5.10 Å². The summed E-state index contributed by atoms with van der Waals surface area (Å²) in [4.78, 5) is 0. The smallest absolute Gasteiger partial charge is 0.180 e. The molecule has 0 aliphatic rings. The molecular weight excluding hydrogens is 322 g/mol.